The monoisotopic (exact) mass is 434 g/mol. The minimum atomic E-state index is -0.0756. The Balaban J connectivity index is 1.11. The predicted octanol–water partition coefficient (Wildman–Crippen LogP) is 3.70. The molecule has 0 bridgehead atoms. The summed E-state index contributed by atoms with van der Waals surface area (Å²) in [7, 11) is 0. The van der Waals surface area contributed by atoms with Gasteiger partial charge in [0, 0.05) is 43.7 Å². The van der Waals surface area contributed by atoms with Crippen LogP contribution in [0.15, 0.2) is 47.0 Å². The topological polar surface area (TPSA) is 89.7 Å². The lowest BCUT2D eigenvalue weighted by molar-refractivity contribution is -0.121. The van der Waals surface area contributed by atoms with Crippen LogP contribution in [0.3, 0.4) is 0 Å². The maximum absolute atomic E-state index is 12.2. The lowest BCUT2D eigenvalue weighted by Gasteiger charge is -2.28. The Morgan fingerprint density at radius 3 is 2.66 bits per heavy atom. The molecule has 3 heterocycles. The van der Waals surface area contributed by atoms with Gasteiger partial charge >= 0.3 is 0 Å². The highest BCUT2D eigenvalue weighted by Gasteiger charge is 2.15. The van der Waals surface area contributed by atoms with Crippen LogP contribution in [0.25, 0.3) is 11.4 Å². The van der Waals surface area contributed by atoms with E-state index in [0.717, 1.165) is 30.0 Å². The number of aryl methyl sites for hydroxylation is 1. The van der Waals surface area contributed by atoms with Gasteiger partial charge in [0.2, 0.25) is 24.4 Å². The van der Waals surface area contributed by atoms with Crippen molar-refractivity contribution >= 4 is 11.6 Å². The van der Waals surface area contributed by atoms with Gasteiger partial charge in [0.05, 0.1) is 0 Å². The van der Waals surface area contributed by atoms with Crippen molar-refractivity contribution in [1.82, 2.24) is 15.5 Å². The molecule has 1 amide bonds. The van der Waals surface area contributed by atoms with Crippen LogP contribution in [0, 0.1) is 0 Å². The highest BCUT2D eigenvalue weighted by molar-refractivity contribution is 5.76. The molecule has 0 aliphatic carbocycles. The van der Waals surface area contributed by atoms with Crippen molar-refractivity contribution < 1.29 is 18.8 Å². The first-order valence-corrected chi connectivity index (χ1v) is 11.1. The number of carbonyl (C=O) groups is 1. The lowest BCUT2D eigenvalue weighted by Crippen LogP contribution is -2.29. The number of amides is 1. The molecule has 1 fully saturated rings. The van der Waals surface area contributed by atoms with E-state index in [9.17, 15) is 4.79 Å². The van der Waals surface area contributed by atoms with Gasteiger partial charge in [-0.3, -0.25) is 4.79 Å². The molecule has 0 spiro atoms. The van der Waals surface area contributed by atoms with Crippen LogP contribution in [0.1, 0.15) is 37.1 Å². The first kappa shape index (κ1) is 20.4. The van der Waals surface area contributed by atoms with Gasteiger partial charge in [-0.25, -0.2) is 0 Å². The summed E-state index contributed by atoms with van der Waals surface area (Å²) in [5.41, 5.74) is 3.10. The van der Waals surface area contributed by atoms with Crippen molar-refractivity contribution in [3.8, 4) is 22.9 Å². The fraction of sp³-hybridized carbons (Fsp3) is 0.375. The summed E-state index contributed by atoms with van der Waals surface area (Å²) in [6.07, 6.45) is 4.49. The number of fused-ring (bicyclic) bond motifs is 1. The van der Waals surface area contributed by atoms with Gasteiger partial charge in [0.25, 0.3) is 0 Å². The van der Waals surface area contributed by atoms with Crippen molar-refractivity contribution in [1.29, 1.82) is 0 Å². The van der Waals surface area contributed by atoms with E-state index in [1.165, 1.54) is 24.9 Å². The van der Waals surface area contributed by atoms with Gasteiger partial charge in [-0.15, -0.1) is 0 Å². The summed E-state index contributed by atoms with van der Waals surface area (Å²) in [5, 5.41) is 6.98. The van der Waals surface area contributed by atoms with Crippen LogP contribution in [0.5, 0.6) is 11.5 Å². The van der Waals surface area contributed by atoms with Crippen molar-refractivity contribution in [2.45, 2.75) is 38.6 Å². The van der Waals surface area contributed by atoms with Crippen molar-refractivity contribution in [2.75, 3.05) is 24.8 Å². The van der Waals surface area contributed by atoms with Crippen LogP contribution in [-0.2, 0) is 17.8 Å². The second-order valence-electron chi connectivity index (χ2n) is 8.07. The minimum Gasteiger partial charge on any atom is -0.454 e. The summed E-state index contributed by atoms with van der Waals surface area (Å²) in [4.78, 5) is 19.1. The zero-order valence-electron chi connectivity index (χ0n) is 17.9. The Morgan fingerprint density at radius 2 is 1.81 bits per heavy atom. The normalized spacial score (nSPS) is 15.1. The van der Waals surface area contributed by atoms with Gasteiger partial charge in [-0.05, 0) is 61.2 Å². The van der Waals surface area contributed by atoms with Crippen molar-refractivity contribution in [2.24, 2.45) is 0 Å². The smallest absolute Gasteiger partial charge is 0.231 e. The molecule has 3 aromatic rings. The van der Waals surface area contributed by atoms with Gasteiger partial charge in [0.1, 0.15) is 0 Å². The summed E-state index contributed by atoms with van der Waals surface area (Å²) in [5.74, 6) is 2.37. The Morgan fingerprint density at radius 1 is 1.00 bits per heavy atom. The van der Waals surface area contributed by atoms with Crippen LogP contribution in [-0.4, -0.2) is 35.9 Å². The van der Waals surface area contributed by atoms with Gasteiger partial charge in [-0.2, -0.15) is 4.98 Å². The summed E-state index contributed by atoms with van der Waals surface area (Å²) in [6.45, 7) is 2.89. The van der Waals surface area contributed by atoms with E-state index < -0.39 is 0 Å². The highest BCUT2D eigenvalue weighted by atomic mass is 16.7. The number of hydrogen-bond donors (Lipinski definition) is 1. The fourth-order valence-corrected chi connectivity index (χ4v) is 4.01. The fourth-order valence-electron chi connectivity index (χ4n) is 4.01. The van der Waals surface area contributed by atoms with Crippen molar-refractivity contribution in [3.63, 3.8) is 0 Å². The van der Waals surface area contributed by atoms with Crippen LogP contribution < -0.4 is 19.7 Å². The van der Waals surface area contributed by atoms with E-state index in [2.05, 4.69) is 32.5 Å². The molecule has 166 valence electrons. The summed E-state index contributed by atoms with van der Waals surface area (Å²) < 4.78 is 16.0. The first-order valence-electron chi connectivity index (χ1n) is 11.1. The molecule has 0 saturated carbocycles. The van der Waals surface area contributed by atoms with E-state index in [1.54, 1.807) is 0 Å². The molecular formula is C24H26N4O4. The second-order valence-corrected chi connectivity index (χ2v) is 8.07. The number of nitrogens with one attached hydrogen (secondary N) is 1. The van der Waals surface area contributed by atoms with Crippen LogP contribution >= 0.6 is 0 Å². The molecule has 1 N–H and O–H groups in total. The first-order chi connectivity index (χ1) is 15.7. The van der Waals surface area contributed by atoms with Crippen LogP contribution in [0.2, 0.25) is 0 Å². The van der Waals surface area contributed by atoms with Crippen molar-refractivity contribution in [3.05, 3.63) is 53.9 Å². The Hall–Kier alpha value is -3.55. The van der Waals surface area contributed by atoms with Gasteiger partial charge in [0.15, 0.2) is 11.5 Å². The third-order valence-corrected chi connectivity index (χ3v) is 5.81. The SMILES string of the molecule is O=C(CCc1nc(-c2ccc(N3CCCCC3)cc2)no1)NCc1ccc2c(c1)OCO2. The third-order valence-electron chi connectivity index (χ3n) is 5.81. The van der Waals surface area contributed by atoms with Crippen LogP contribution in [0.4, 0.5) is 5.69 Å². The molecule has 5 rings (SSSR count). The predicted molar refractivity (Wildman–Crippen MR) is 119 cm³/mol. The number of nitrogens with zero attached hydrogens (tertiary/aromatic N) is 3. The quantitative estimate of drug-likeness (QED) is 0.606. The number of carbonyl (C=O) groups excluding carboxylic acids is 1. The molecule has 2 aromatic carbocycles. The maximum atomic E-state index is 12.2. The third kappa shape index (κ3) is 4.69. The standard InChI is InChI=1S/C24H26N4O4/c29-22(25-15-17-4-9-20-21(14-17)31-16-30-20)10-11-23-26-24(27-32-23)18-5-7-19(8-6-18)28-12-2-1-3-13-28/h4-9,14H,1-3,10-13,15-16H2,(H,25,29). The number of rotatable bonds is 7. The summed E-state index contributed by atoms with van der Waals surface area (Å²) >= 11 is 0. The average Bonchev–Trinajstić information content (AvgIpc) is 3.51. The largest absolute Gasteiger partial charge is 0.454 e. The molecule has 1 aromatic heterocycles. The zero-order valence-corrected chi connectivity index (χ0v) is 17.9. The van der Waals surface area contributed by atoms with E-state index in [0.29, 0.717) is 30.4 Å². The molecule has 8 heteroatoms. The maximum Gasteiger partial charge on any atom is 0.231 e. The Labute approximate surface area is 186 Å². The Kier molecular flexibility index (Phi) is 5.91. The molecule has 8 nitrogen and oxygen atoms in total. The summed E-state index contributed by atoms with van der Waals surface area (Å²) in [6, 6.07) is 13.9. The molecule has 2 aliphatic heterocycles. The molecule has 0 radical (unpaired) electrons. The zero-order chi connectivity index (χ0) is 21.8. The molecule has 1 saturated heterocycles. The number of hydrogen-bond acceptors (Lipinski definition) is 7. The van der Waals surface area contributed by atoms with E-state index >= 15 is 0 Å². The molecule has 2 aliphatic rings. The molecule has 32 heavy (non-hydrogen) atoms. The number of ether oxygens (including phenoxy) is 2. The minimum absolute atomic E-state index is 0.0756. The van der Waals surface area contributed by atoms with E-state index in [-0.39, 0.29) is 19.1 Å². The molecule has 0 unspecified atom stereocenters. The Bertz CT molecular complexity index is 1070. The molecule has 0 atom stereocenters. The molecular weight excluding hydrogens is 408 g/mol. The number of benzene rings is 2. The van der Waals surface area contributed by atoms with Gasteiger partial charge in [-0.1, -0.05) is 11.2 Å². The second kappa shape index (κ2) is 9.30. The van der Waals surface area contributed by atoms with E-state index in [4.69, 9.17) is 14.0 Å². The number of anilines is 1. The van der Waals surface area contributed by atoms with Gasteiger partial charge < -0.3 is 24.2 Å². The number of aromatic nitrogens is 2. The highest BCUT2D eigenvalue weighted by Crippen LogP contribution is 2.32. The number of piperidine rings is 1. The lowest BCUT2D eigenvalue weighted by atomic mass is 10.1. The average molecular weight is 434 g/mol. The van der Waals surface area contributed by atoms with E-state index in [1.807, 2.05) is 30.3 Å².